The molecule has 0 spiro atoms. The van der Waals surface area contributed by atoms with Crippen molar-refractivity contribution in [2.75, 3.05) is 7.05 Å². The van der Waals surface area contributed by atoms with Crippen LogP contribution in [0.1, 0.15) is 30.9 Å². The van der Waals surface area contributed by atoms with Crippen molar-refractivity contribution in [2.24, 2.45) is 0 Å². The molecule has 0 fully saturated rings. The van der Waals surface area contributed by atoms with Gasteiger partial charge < -0.3 is 10.3 Å². The number of hydrogen-bond acceptors (Lipinski definition) is 2. The Balaban J connectivity index is 2.25. The fourth-order valence-corrected chi connectivity index (χ4v) is 2.84. The normalized spacial score (nSPS) is 11.3. The zero-order valence-corrected chi connectivity index (χ0v) is 13.6. The minimum atomic E-state index is -0.0750. The predicted molar refractivity (Wildman–Crippen MR) is 93.9 cm³/mol. The maximum Gasteiger partial charge on any atom is 0.256 e. The van der Waals surface area contributed by atoms with Gasteiger partial charge in [-0.05, 0) is 40.6 Å². The third-order valence-electron chi connectivity index (χ3n) is 4.22. The molecule has 1 amide bonds. The van der Waals surface area contributed by atoms with E-state index in [-0.39, 0.29) is 11.5 Å². The Hall–Kier alpha value is -2.62. The first-order valence-corrected chi connectivity index (χ1v) is 7.78. The second-order valence-electron chi connectivity index (χ2n) is 6.14. The summed E-state index contributed by atoms with van der Waals surface area (Å²) < 4.78 is 0. The van der Waals surface area contributed by atoms with Crippen LogP contribution < -0.4 is 10.9 Å². The number of carbonyl (C=O) groups excluding carboxylic acids is 1. The van der Waals surface area contributed by atoms with Gasteiger partial charge in [-0.25, -0.2) is 0 Å². The molecule has 2 aromatic carbocycles. The number of rotatable bonds is 3. The molecule has 0 bridgehead atoms. The summed E-state index contributed by atoms with van der Waals surface area (Å²) in [5.74, 6) is 0.342. The van der Waals surface area contributed by atoms with E-state index in [0.717, 1.165) is 27.4 Å². The average Bonchev–Trinajstić information content (AvgIpc) is 2.55. The molecule has 118 valence electrons. The lowest BCUT2D eigenvalue weighted by Gasteiger charge is -2.10. The van der Waals surface area contributed by atoms with Crippen LogP contribution in [0.4, 0.5) is 0 Å². The first kappa shape index (κ1) is 15.3. The number of aromatic nitrogens is 1. The largest absolute Gasteiger partial charge is 0.359 e. The number of benzene rings is 2. The number of hydrogen-bond donors (Lipinski definition) is 2. The van der Waals surface area contributed by atoms with Gasteiger partial charge in [0.1, 0.15) is 0 Å². The summed E-state index contributed by atoms with van der Waals surface area (Å²) in [5, 5.41) is 5.22. The van der Waals surface area contributed by atoms with Crippen molar-refractivity contribution >= 4 is 27.6 Å². The van der Waals surface area contributed by atoms with Gasteiger partial charge in [-0.3, -0.25) is 9.59 Å². The summed E-state index contributed by atoms with van der Waals surface area (Å²) in [7, 11) is 1.63. The fraction of sp³-hybridized carbons (Fsp3) is 0.263. The van der Waals surface area contributed by atoms with Crippen LogP contribution in [-0.2, 0) is 11.2 Å². The third kappa shape index (κ3) is 2.84. The molecule has 2 N–H and O–H groups in total. The quantitative estimate of drug-likeness (QED) is 0.730. The second kappa shape index (κ2) is 5.88. The van der Waals surface area contributed by atoms with Gasteiger partial charge in [0.05, 0.1) is 6.42 Å². The number of amides is 1. The van der Waals surface area contributed by atoms with E-state index in [1.54, 1.807) is 7.05 Å². The molecule has 0 atom stereocenters. The molecule has 0 unspecified atom stereocenters. The first-order chi connectivity index (χ1) is 11.0. The van der Waals surface area contributed by atoms with Crippen LogP contribution in [-0.4, -0.2) is 17.9 Å². The summed E-state index contributed by atoms with van der Waals surface area (Å²) in [6, 6.07) is 11.8. The van der Waals surface area contributed by atoms with Crippen LogP contribution in [0.3, 0.4) is 0 Å². The van der Waals surface area contributed by atoms with E-state index in [0.29, 0.717) is 17.7 Å². The van der Waals surface area contributed by atoms with E-state index in [4.69, 9.17) is 0 Å². The smallest absolute Gasteiger partial charge is 0.256 e. The number of carbonyl (C=O) groups is 1. The summed E-state index contributed by atoms with van der Waals surface area (Å²) in [6.45, 7) is 4.22. The molecule has 0 saturated heterocycles. The van der Waals surface area contributed by atoms with Gasteiger partial charge in [0.25, 0.3) is 5.56 Å². The highest BCUT2D eigenvalue weighted by Crippen LogP contribution is 2.25. The van der Waals surface area contributed by atoms with Gasteiger partial charge >= 0.3 is 0 Å². The molecule has 23 heavy (non-hydrogen) atoms. The van der Waals surface area contributed by atoms with E-state index in [1.165, 1.54) is 0 Å². The van der Waals surface area contributed by atoms with Crippen LogP contribution in [0.15, 0.2) is 41.2 Å². The highest BCUT2D eigenvalue weighted by atomic mass is 16.1. The van der Waals surface area contributed by atoms with Crippen LogP contribution >= 0.6 is 0 Å². The van der Waals surface area contributed by atoms with Crippen LogP contribution in [0.2, 0.25) is 0 Å². The zero-order valence-electron chi connectivity index (χ0n) is 13.6. The van der Waals surface area contributed by atoms with Crippen molar-refractivity contribution in [1.29, 1.82) is 0 Å². The van der Waals surface area contributed by atoms with Crippen molar-refractivity contribution in [3.8, 4) is 0 Å². The van der Waals surface area contributed by atoms with Crippen molar-refractivity contribution < 1.29 is 4.79 Å². The van der Waals surface area contributed by atoms with Gasteiger partial charge in [0, 0.05) is 23.3 Å². The standard InChI is InChI=1S/C19H20N2O2/c1-11(2)13-5-6-14-15-8-12(9-18(22)20-3)4-7-17(15)21-19(23)16(14)10-13/h4-8,10-11H,9H2,1-3H3,(H,20,22)(H,21,23). The number of nitrogens with one attached hydrogen (secondary N) is 2. The number of likely N-dealkylation sites (N-methyl/N-ethyl adjacent to an activating group) is 1. The minimum Gasteiger partial charge on any atom is -0.359 e. The SMILES string of the molecule is CNC(=O)Cc1ccc2[nH]c(=O)c3cc(C(C)C)ccc3c2c1. The predicted octanol–water partition coefficient (Wildman–Crippen LogP) is 3.09. The molecule has 4 nitrogen and oxygen atoms in total. The zero-order chi connectivity index (χ0) is 16.6. The molecule has 1 aromatic heterocycles. The Kier molecular flexibility index (Phi) is 3.90. The molecular formula is C19H20N2O2. The Morgan fingerprint density at radius 2 is 1.87 bits per heavy atom. The third-order valence-corrected chi connectivity index (χ3v) is 4.22. The van der Waals surface area contributed by atoms with Gasteiger partial charge in [0.15, 0.2) is 0 Å². The second-order valence-corrected chi connectivity index (χ2v) is 6.14. The monoisotopic (exact) mass is 308 g/mol. The molecule has 0 saturated carbocycles. The Labute approximate surface area is 134 Å². The van der Waals surface area contributed by atoms with E-state index in [1.807, 2.05) is 30.3 Å². The lowest BCUT2D eigenvalue weighted by Crippen LogP contribution is -2.19. The van der Waals surface area contributed by atoms with Crippen LogP contribution in [0.25, 0.3) is 21.7 Å². The van der Waals surface area contributed by atoms with E-state index in [9.17, 15) is 9.59 Å². The molecule has 3 aromatic rings. The maximum absolute atomic E-state index is 12.4. The van der Waals surface area contributed by atoms with E-state index in [2.05, 4.69) is 30.2 Å². The molecule has 0 radical (unpaired) electrons. The number of H-pyrrole nitrogens is 1. The van der Waals surface area contributed by atoms with Crippen molar-refractivity contribution in [1.82, 2.24) is 10.3 Å². The first-order valence-electron chi connectivity index (χ1n) is 7.78. The van der Waals surface area contributed by atoms with Crippen LogP contribution in [0, 0.1) is 0 Å². The highest BCUT2D eigenvalue weighted by Gasteiger charge is 2.09. The van der Waals surface area contributed by atoms with Gasteiger partial charge in [-0.1, -0.05) is 32.0 Å². The Morgan fingerprint density at radius 1 is 1.09 bits per heavy atom. The molecule has 0 aliphatic heterocycles. The maximum atomic E-state index is 12.4. The molecule has 4 heteroatoms. The van der Waals surface area contributed by atoms with Crippen LogP contribution in [0.5, 0.6) is 0 Å². The molecular weight excluding hydrogens is 288 g/mol. The number of aromatic amines is 1. The Morgan fingerprint density at radius 3 is 2.57 bits per heavy atom. The van der Waals surface area contributed by atoms with Crippen molar-refractivity contribution in [3.05, 3.63) is 57.9 Å². The minimum absolute atomic E-state index is 0.0276. The van der Waals surface area contributed by atoms with E-state index < -0.39 is 0 Å². The lowest BCUT2D eigenvalue weighted by atomic mass is 9.97. The van der Waals surface area contributed by atoms with Gasteiger partial charge in [-0.15, -0.1) is 0 Å². The topological polar surface area (TPSA) is 62.0 Å². The highest BCUT2D eigenvalue weighted by molar-refractivity contribution is 6.05. The molecule has 3 rings (SSSR count). The van der Waals surface area contributed by atoms with Gasteiger partial charge in [-0.2, -0.15) is 0 Å². The molecule has 0 aliphatic carbocycles. The van der Waals surface area contributed by atoms with Crippen molar-refractivity contribution in [3.63, 3.8) is 0 Å². The Bertz CT molecular complexity index is 955. The van der Waals surface area contributed by atoms with Gasteiger partial charge in [0.2, 0.25) is 5.91 Å². The molecule has 0 aliphatic rings. The number of pyridine rings is 1. The lowest BCUT2D eigenvalue weighted by molar-refractivity contribution is -0.119. The molecule has 1 heterocycles. The summed E-state index contributed by atoms with van der Waals surface area (Å²) in [6.07, 6.45) is 0.330. The van der Waals surface area contributed by atoms with Crippen molar-refractivity contribution in [2.45, 2.75) is 26.2 Å². The average molecular weight is 308 g/mol. The number of fused-ring (bicyclic) bond motifs is 3. The summed E-state index contributed by atoms with van der Waals surface area (Å²) in [4.78, 5) is 26.9. The summed E-state index contributed by atoms with van der Waals surface area (Å²) >= 11 is 0. The summed E-state index contributed by atoms with van der Waals surface area (Å²) in [5.41, 5.74) is 2.79. The fourth-order valence-electron chi connectivity index (χ4n) is 2.84. The van der Waals surface area contributed by atoms with E-state index >= 15 is 0 Å².